The lowest BCUT2D eigenvalue weighted by Gasteiger charge is -2.07. The molecule has 1 heterocycles. The van der Waals surface area contributed by atoms with Crippen LogP contribution in [0.5, 0.6) is 0 Å². The molecule has 2 rings (SSSR count). The van der Waals surface area contributed by atoms with E-state index < -0.39 is 5.97 Å². The van der Waals surface area contributed by atoms with Crippen LogP contribution in [0.25, 0.3) is 0 Å². The monoisotopic (exact) mass is 321 g/mol. The summed E-state index contributed by atoms with van der Waals surface area (Å²) in [7, 11) is 1.32. The molecule has 0 atom stereocenters. The summed E-state index contributed by atoms with van der Waals surface area (Å²) in [4.78, 5) is 23.6. The van der Waals surface area contributed by atoms with Crippen LogP contribution in [0.1, 0.15) is 20.8 Å². The molecule has 0 aliphatic carbocycles. The molecule has 0 saturated carbocycles. The van der Waals surface area contributed by atoms with Crippen molar-refractivity contribution in [3.8, 4) is 0 Å². The van der Waals surface area contributed by atoms with Crippen molar-refractivity contribution in [2.75, 3.05) is 7.11 Å². The van der Waals surface area contributed by atoms with Gasteiger partial charge in [-0.25, -0.2) is 4.79 Å². The predicted molar refractivity (Wildman–Crippen MR) is 74.2 cm³/mol. The lowest BCUT2D eigenvalue weighted by atomic mass is 10.1. The Morgan fingerprint density at radius 3 is 2.53 bits per heavy atom. The Balaban J connectivity index is 2.17. The molecule has 0 fully saturated rings. The number of hydrogen-bond acceptors (Lipinski definition) is 3. The molecule has 1 aromatic heterocycles. The lowest BCUT2D eigenvalue weighted by Crippen LogP contribution is -2.15. The van der Waals surface area contributed by atoms with E-state index >= 15 is 0 Å². The van der Waals surface area contributed by atoms with Crippen molar-refractivity contribution in [3.05, 3.63) is 58.3 Å². The van der Waals surface area contributed by atoms with Gasteiger partial charge in [0.25, 0.3) is 0 Å². The first kappa shape index (κ1) is 13.5. The fourth-order valence-electron chi connectivity index (χ4n) is 1.72. The minimum Gasteiger partial charge on any atom is -0.464 e. The maximum absolute atomic E-state index is 12.1. The Bertz CT molecular complexity index is 601. The predicted octanol–water partition coefficient (Wildman–Crippen LogP) is 2.92. The molecule has 0 saturated heterocycles. The molecule has 0 aliphatic rings. The summed E-state index contributed by atoms with van der Waals surface area (Å²) in [5.41, 5.74) is 0.973. The molecule has 5 heteroatoms. The molecule has 4 nitrogen and oxygen atoms in total. The second-order valence-corrected chi connectivity index (χ2v) is 4.86. The molecule has 0 amide bonds. The minimum atomic E-state index is -0.450. The summed E-state index contributed by atoms with van der Waals surface area (Å²) in [5.74, 6) is -0.512. The van der Waals surface area contributed by atoms with Crippen LogP contribution < -0.4 is 0 Å². The van der Waals surface area contributed by atoms with Gasteiger partial charge in [0, 0.05) is 16.2 Å². The van der Waals surface area contributed by atoms with E-state index in [2.05, 4.69) is 20.7 Å². The first-order valence-electron chi connectivity index (χ1n) is 5.64. The van der Waals surface area contributed by atoms with Crippen molar-refractivity contribution < 1.29 is 14.3 Å². The fraction of sp³-hybridized carbons (Fsp3) is 0.143. The van der Waals surface area contributed by atoms with Gasteiger partial charge in [-0.1, -0.05) is 28.1 Å². The highest BCUT2D eigenvalue weighted by atomic mass is 79.9. The van der Waals surface area contributed by atoms with Crippen molar-refractivity contribution in [2.24, 2.45) is 0 Å². The molecule has 2 aromatic rings. The lowest BCUT2D eigenvalue weighted by molar-refractivity contribution is 0.0588. The Labute approximate surface area is 119 Å². The summed E-state index contributed by atoms with van der Waals surface area (Å²) < 4.78 is 7.16. The van der Waals surface area contributed by atoms with Crippen LogP contribution in [0.4, 0.5) is 0 Å². The number of carbonyl (C=O) groups excluding carboxylic acids is 2. The number of rotatable bonds is 4. The summed E-state index contributed by atoms with van der Waals surface area (Å²) >= 11 is 3.32. The number of benzene rings is 1. The van der Waals surface area contributed by atoms with Gasteiger partial charge in [-0.2, -0.15) is 0 Å². The average Bonchev–Trinajstić information content (AvgIpc) is 2.86. The first-order valence-corrected chi connectivity index (χ1v) is 6.43. The number of ketones is 1. The van der Waals surface area contributed by atoms with Crippen LogP contribution in [-0.2, 0) is 11.3 Å². The van der Waals surface area contributed by atoms with Crippen LogP contribution in [0, 0.1) is 0 Å². The van der Waals surface area contributed by atoms with Gasteiger partial charge in [0.05, 0.1) is 13.7 Å². The highest BCUT2D eigenvalue weighted by Gasteiger charge is 2.14. The summed E-state index contributed by atoms with van der Waals surface area (Å²) in [6, 6.07) is 10.4. The van der Waals surface area contributed by atoms with Crippen LogP contribution >= 0.6 is 15.9 Å². The highest BCUT2D eigenvalue weighted by molar-refractivity contribution is 9.10. The number of esters is 1. The van der Waals surface area contributed by atoms with Gasteiger partial charge in [0.15, 0.2) is 5.78 Å². The minimum absolute atomic E-state index is 0.0612. The van der Waals surface area contributed by atoms with Gasteiger partial charge in [-0.15, -0.1) is 0 Å². The van der Waals surface area contributed by atoms with Crippen molar-refractivity contribution in [1.82, 2.24) is 4.57 Å². The summed E-state index contributed by atoms with van der Waals surface area (Å²) in [6.45, 7) is 0.110. The highest BCUT2D eigenvalue weighted by Crippen LogP contribution is 2.12. The van der Waals surface area contributed by atoms with E-state index in [1.54, 1.807) is 35.0 Å². The number of methoxy groups -OCH3 is 1. The van der Waals surface area contributed by atoms with Crippen LogP contribution in [0.3, 0.4) is 0 Å². The van der Waals surface area contributed by atoms with E-state index in [0.717, 1.165) is 4.47 Å². The van der Waals surface area contributed by atoms with E-state index in [9.17, 15) is 9.59 Å². The number of aromatic nitrogens is 1. The van der Waals surface area contributed by atoms with Gasteiger partial charge in [0.2, 0.25) is 0 Å². The fourth-order valence-corrected chi connectivity index (χ4v) is 1.99. The summed E-state index contributed by atoms with van der Waals surface area (Å²) in [6.07, 6.45) is 1.68. The third-order valence-corrected chi connectivity index (χ3v) is 3.23. The Morgan fingerprint density at radius 1 is 1.21 bits per heavy atom. The average molecular weight is 322 g/mol. The Kier molecular flexibility index (Phi) is 4.16. The zero-order valence-electron chi connectivity index (χ0n) is 10.3. The standard InChI is InChI=1S/C14H12BrNO3/c1-19-14(18)12-3-2-8-16(12)9-13(17)10-4-6-11(15)7-5-10/h2-8H,9H2,1H3. The molecule has 1 aromatic carbocycles. The zero-order chi connectivity index (χ0) is 13.8. The quantitative estimate of drug-likeness (QED) is 0.642. The molecule has 0 aliphatic heterocycles. The maximum Gasteiger partial charge on any atom is 0.354 e. The smallest absolute Gasteiger partial charge is 0.354 e. The van der Waals surface area contributed by atoms with Crippen LogP contribution in [-0.4, -0.2) is 23.4 Å². The van der Waals surface area contributed by atoms with Gasteiger partial charge >= 0.3 is 5.97 Å². The Morgan fingerprint density at radius 2 is 1.89 bits per heavy atom. The zero-order valence-corrected chi connectivity index (χ0v) is 11.9. The van der Waals surface area contributed by atoms with Crippen molar-refractivity contribution in [1.29, 1.82) is 0 Å². The topological polar surface area (TPSA) is 48.3 Å². The molecule has 19 heavy (non-hydrogen) atoms. The second kappa shape index (κ2) is 5.84. The number of hydrogen-bond donors (Lipinski definition) is 0. The van der Waals surface area contributed by atoms with Crippen molar-refractivity contribution in [2.45, 2.75) is 6.54 Å². The number of Topliss-reactive ketones (excluding diaryl/α,β-unsaturated/α-hetero) is 1. The van der Waals surface area contributed by atoms with E-state index in [4.69, 9.17) is 0 Å². The molecule has 0 N–H and O–H groups in total. The molecule has 0 radical (unpaired) electrons. The van der Waals surface area contributed by atoms with Crippen molar-refractivity contribution >= 4 is 27.7 Å². The van der Waals surface area contributed by atoms with Crippen molar-refractivity contribution in [3.63, 3.8) is 0 Å². The van der Waals surface area contributed by atoms with E-state index in [1.807, 2.05) is 12.1 Å². The third-order valence-electron chi connectivity index (χ3n) is 2.70. The Hall–Kier alpha value is -1.88. The molecular weight excluding hydrogens is 310 g/mol. The van der Waals surface area contributed by atoms with Gasteiger partial charge < -0.3 is 9.30 Å². The SMILES string of the molecule is COC(=O)c1cccn1CC(=O)c1ccc(Br)cc1. The summed E-state index contributed by atoms with van der Waals surface area (Å²) in [5, 5.41) is 0. The van der Waals surface area contributed by atoms with E-state index in [-0.39, 0.29) is 12.3 Å². The van der Waals surface area contributed by atoms with Crippen LogP contribution in [0.2, 0.25) is 0 Å². The van der Waals surface area contributed by atoms with Gasteiger partial charge in [0.1, 0.15) is 5.69 Å². The molecule has 0 bridgehead atoms. The van der Waals surface area contributed by atoms with E-state index in [1.165, 1.54) is 7.11 Å². The number of nitrogens with zero attached hydrogens (tertiary/aromatic N) is 1. The number of carbonyl (C=O) groups is 2. The maximum atomic E-state index is 12.1. The number of ether oxygens (including phenoxy) is 1. The third kappa shape index (κ3) is 3.12. The number of halogens is 1. The molecule has 0 unspecified atom stereocenters. The molecule has 0 spiro atoms. The van der Waals surface area contributed by atoms with Crippen LogP contribution in [0.15, 0.2) is 47.1 Å². The van der Waals surface area contributed by atoms with Gasteiger partial charge in [-0.05, 0) is 24.3 Å². The van der Waals surface area contributed by atoms with E-state index in [0.29, 0.717) is 11.3 Å². The largest absolute Gasteiger partial charge is 0.464 e. The molecule has 98 valence electrons. The van der Waals surface area contributed by atoms with Gasteiger partial charge in [-0.3, -0.25) is 4.79 Å². The normalized spacial score (nSPS) is 10.2. The molecular formula is C14H12BrNO3. The second-order valence-electron chi connectivity index (χ2n) is 3.94. The first-order chi connectivity index (χ1) is 9.11.